The van der Waals surface area contributed by atoms with Crippen LogP contribution in [0, 0.1) is 0 Å². The molecular formula is C21H22N6O2S. The van der Waals surface area contributed by atoms with Crippen LogP contribution in [0.5, 0.6) is 0 Å². The summed E-state index contributed by atoms with van der Waals surface area (Å²) in [6.07, 6.45) is 0. The van der Waals surface area contributed by atoms with Crippen LogP contribution >= 0.6 is 11.3 Å². The molecule has 0 radical (unpaired) electrons. The first-order valence-corrected chi connectivity index (χ1v) is 10.7. The van der Waals surface area contributed by atoms with Gasteiger partial charge in [0.1, 0.15) is 16.2 Å². The van der Waals surface area contributed by atoms with Crippen molar-refractivity contribution in [2.24, 2.45) is 0 Å². The van der Waals surface area contributed by atoms with Crippen molar-refractivity contribution in [2.75, 3.05) is 43.4 Å². The summed E-state index contributed by atoms with van der Waals surface area (Å²) in [5.41, 5.74) is 3.32. The minimum atomic E-state index is -0.285. The number of likely N-dealkylation sites (N-methyl/N-ethyl adjacent to an activating group) is 1. The van der Waals surface area contributed by atoms with Gasteiger partial charge in [-0.3, -0.25) is 9.59 Å². The smallest absolute Gasteiger partial charge is 0.262 e. The molecule has 1 amide bonds. The van der Waals surface area contributed by atoms with Crippen molar-refractivity contribution < 1.29 is 4.79 Å². The van der Waals surface area contributed by atoms with Gasteiger partial charge in [-0.05, 0) is 36.7 Å². The number of anilines is 2. The van der Waals surface area contributed by atoms with E-state index in [0.29, 0.717) is 17.1 Å². The van der Waals surface area contributed by atoms with Crippen molar-refractivity contribution in [3.8, 4) is 11.4 Å². The molecule has 0 saturated carbocycles. The average Bonchev–Trinajstić information content (AvgIpc) is 3.34. The summed E-state index contributed by atoms with van der Waals surface area (Å²) in [6, 6.07) is 8.00. The van der Waals surface area contributed by atoms with Gasteiger partial charge in [0.25, 0.3) is 5.56 Å². The molecule has 0 unspecified atom stereocenters. The zero-order valence-corrected chi connectivity index (χ0v) is 17.6. The first kappa shape index (κ1) is 18.8. The SMILES string of the molecule is CC(=O)Nc1c(-c2nc3ccc(N4CCN(C)CC4)cc3[nH]2)c(=O)[nH]c2sccc12. The Kier molecular flexibility index (Phi) is 4.56. The minimum absolute atomic E-state index is 0.234. The van der Waals surface area contributed by atoms with Gasteiger partial charge in [-0.15, -0.1) is 11.3 Å². The number of nitrogens with one attached hydrogen (secondary N) is 3. The van der Waals surface area contributed by atoms with Crippen molar-refractivity contribution in [1.82, 2.24) is 19.9 Å². The molecule has 0 atom stereocenters. The number of thiophene rings is 1. The van der Waals surface area contributed by atoms with Gasteiger partial charge >= 0.3 is 0 Å². The maximum absolute atomic E-state index is 12.9. The number of pyridine rings is 1. The molecule has 1 aliphatic heterocycles. The van der Waals surface area contributed by atoms with Gasteiger partial charge in [0.05, 0.1) is 16.7 Å². The maximum atomic E-state index is 12.9. The molecule has 3 N–H and O–H groups in total. The maximum Gasteiger partial charge on any atom is 0.262 e. The van der Waals surface area contributed by atoms with E-state index < -0.39 is 0 Å². The van der Waals surface area contributed by atoms with E-state index >= 15 is 0 Å². The van der Waals surface area contributed by atoms with Crippen LogP contribution in [0.15, 0.2) is 34.4 Å². The Hall–Kier alpha value is -3.17. The summed E-state index contributed by atoms with van der Waals surface area (Å²) in [4.78, 5) is 41.0. The highest BCUT2D eigenvalue weighted by Gasteiger charge is 2.20. The molecule has 0 spiro atoms. The number of aromatic nitrogens is 3. The molecule has 1 aliphatic rings. The second-order valence-electron chi connectivity index (χ2n) is 7.63. The summed E-state index contributed by atoms with van der Waals surface area (Å²) in [5.74, 6) is 0.210. The second-order valence-corrected chi connectivity index (χ2v) is 8.54. The van der Waals surface area contributed by atoms with Crippen molar-refractivity contribution in [2.45, 2.75) is 6.92 Å². The number of nitrogens with zero attached hydrogens (tertiary/aromatic N) is 3. The highest BCUT2D eigenvalue weighted by molar-refractivity contribution is 7.16. The Morgan fingerprint density at radius 2 is 1.97 bits per heavy atom. The number of amides is 1. The molecule has 8 nitrogen and oxygen atoms in total. The lowest BCUT2D eigenvalue weighted by atomic mass is 10.1. The number of hydrogen-bond acceptors (Lipinski definition) is 6. The van der Waals surface area contributed by atoms with Crippen molar-refractivity contribution in [1.29, 1.82) is 0 Å². The number of piperazine rings is 1. The van der Waals surface area contributed by atoms with Crippen LogP contribution in [0.1, 0.15) is 6.92 Å². The van der Waals surface area contributed by atoms with E-state index in [1.54, 1.807) is 0 Å². The fourth-order valence-corrected chi connectivity index (χ4v) is 4.71. The summed E-state index contributed by atoms with van der Waals surface area (Å²) in [6.45, 7) is 5.45. The zero-order valence-electron chi connectivity index (χ0n) is 16.8. The summed E-state index contributed by atoms with van der Waals surface area (Å²) < 4.78 is 0. The normalized spacial score (nSPS) is 15.2. The van der Waals surface area contributed by atoms with E-state index in [0.717, 1.165) is 53.1 Å². The Morgan fingerprint density at radius 3 is 2.73 bits per heavy atom. The van der Waals surface area contributed by atoms with Gasteiger partial charge in [0.2, 0.25) is 5.91 Å². The average molecular weight is 423 g/mol. The van der Waals surface area contributed by atoms with Gasteiger partial charge in [-0.2, -0.15) is 0 Å². The van der Waals surface area contributed by atoms with Crippen LogP contribution in [-0.4, -0.2) is 59.0 Å². The van der Waals surface area contributed by atoms with Gasteiger partial charge in [-0.25, -0.2) is 4.98 Å². The largest absolute Gasteiger partial charge is 0.369 e. The van der Waals surface area contributed by atoms with Crippen LogP contribution in [0.25, 0.3) is 32.6 Å². The number of aromatic amines is 2. The molecule has 4 heterocycles. The number of carbonyl (C=O) groups is 1. The quantitative estimate of drug-likeness (QED) is 0.472. The molecule has 3 aromatic heterocycles. The predicted octanol–water partition coefficient (Wildman–Crippen LogP) is 2.84. The van der Waals surface area contributed by atoms with Crippen molar-refractivity contribution in [3.63, 3.8) is 0 Å². The molecule has 4 aromatic rings. The van der Waals surface area contributed by atoms with E-state index in [1.807, 2.05) is 17.5 Å². The Bertz CT molecular complexity index is 1310. The molecule has 5 rings (SSSR count). The standard InChI is InChI=1S/C21H22N6O2S/c1-12(28)22-18-14-5-10-30-21(14)25-20(29)17(18)19-23-15-4-3-13(11-16(15)24-19)27-8-6-26(2)7-9-27/h3-5,10-11H,6-9H2,1-2H3,(H,23,24)(H2,22,25,28,29). The molecule has 1 aromatic carbocycles. The fraction of sp³-hybridized carbons (Fsp3) is 0.286. The lowest BCUT2D eigenvalue weighted by Gasteiger charge is -2.34. The Morgan fingerprint density at radius 1 is 1.17 bits per heavy atom. The first-order chi connectivity index (χ1) is 14.5. The number of carbonyl (C=O) groups excluding carboxylic acids is 1. The lowest BCUT2D eigenvalue weighted by Crippen LogP contribution is -2.44. The fourth-order valence-electron chi connectivity index (χ4n) is 3.93. The molecule has 9 heteroatoms. The number of hydrogen-bond donors (Lipinski definition) is 3. The van der Waals surface area contributed by atoms with Crippen LogP contribution < -0.4 is 15.8 Å². The van der Waals surface area contributed by atoms with Crippen LogP contribution in [0.3, 0.4) is 0 Å². The summed E-state index contributed by atoms with van der Waals surface area (Å²) in [7, 11) is 2.14. The molecule has 1 saturated heterocycles. The highest BCUT2D eigenvalue weighted by Crippen LogP contribution is 2.33. The highest BCUT2D eigenvalue weighted by atomic mass is 32.1. The molecule has 30 heavy (non-hydrogen) atoms. The molecular weight excluding hydrogens is 400 g/mol. The van der Waals surface area contributed by atoms with Gasteiger partial charge in [-0.1, -0.05) is 0 Å². The monoisotopic (exact) mass is 422 g/mol. The van der Waals surface area contributed by atoms with Gasteiger partial charge in [0.15, 0.2) is 0 Å². The first-order valence-electron chi connectivity index (χ1n) is 9.84. The lowest BCUT2D eigenvalue weighted by molar-refractivity contribution is -0.114. The number of rotatable bonds is 3. The number of benzene rings is 1. The van der Waals surface area contributed by atoms with E-state index in [2.05, 4.69) is 49.2 Å². The third kappa shape index (κ3) is 3.25. The Balaban J connectivity index is 1.61. The van der Waals surface area contributed by atoms with Crippen molar-refractivity contribution in [3.05, 3.63) is 40.0 Å². The Labute approximate surface area is 176 Å². The molecule has 154 valence electrons. The zero-order chi connectivity index (χ0) is 20.8. The van der Waals surface area contributed by atoms with Gasteiger partial charge < -0.3 is 25.1 Å². The molecule has 1 fully saturated rings. The summed E-state index contributed by atoms with van der Waals surface area (Å²) >= 11 is 1.42. The number of imidazole rings is 1. The van der Waals surface area contributed by atoms with Crippen LogP contribution in [0.2, 0.25) is 0 Å². The van der Waals surface area contributed by atoms with E-state index in [1.165, 1.54) is 18.3 Å². The van der Waals surface area contributed by atoms with Crippen molar-refractivity contribution >= 4 is 49.9 Å². The second kappa shape index (κ2) is 7.26. The molecule has 0 bridgehead atoms. The topological polar surface area (TPSA) is 97.1 Å². The third-order valence-electron chi connectivity index (χ3n) is 5.51. The third-order valence-corrected chi connectivity index (χ3v) is 6.34. The van der Waals surface area contributed by atoms with Crippen LogP contribution in [-0.2, 0) is 4.79 Å². The number of fused-ring (bicyclic) bond motifs is 2. The predicted molar refractivity (Wildman–Crippen MR) is 122 cm³/mol. The molecule has 0 aliphatic carbocycles. The number of H-pyrrole nitrogens is 2. The van der Waals surface area contributed by atoms with E-state index in [-0.39, 0.29) is 11.5 Å². The van der Waals surface area contributed by atoms with Gasteiger partial charge in [0, 0.05) is 44.2 Å². The minimum Gasteiger partial charge on any atom is -0.369 e. The van der Waals surface area contributed by atoms with E-state index in [4.69, 9.17) is 0 Å². The summed E-state index contributed by atoms with van der Waals surface area (Å²) in [5, 5.41) is 5.51. The van der Waals surface area contributed by atoms with Crippen LogP contribution in [0.4, 0.5) is 11.4 Å². The van der Waals surface area contributed by atoms with E-state index in [9.17, 15) is 9.59 Å².